The lowest BCUT2D eigenvalue weighted by molar-refractivity contribution is -0.123. The molecule has 1 aromatic carbocycles. The first-order valence-electron chi connectivity index (χ1n) is 6.82. The molecule has 0 spiro atoms. The van der Waals surface area contributed by atoms with E-state index < -0.39 is 0 Å². The molecular formula is C15H23BrN2O. The molecule has 0 N–H and O–H groups in total. The Morgan fingerprint density at radius 2 is 1.79 bits per heavy atom. The summed E-state index contributed by atoms with van der Waals surface area (Å²) in [5.74, 6) is 0.151. The molecule has 0 aliphatic heterocycles. The number of halogens is 1. The predicted molar refractivity (Wildman–Crippen MR) is 84.6 cm³/mol. The first-order valence-corrected chi connectivity index (χ1v) is 7.62. The molecule has 1 rings (SSSR count). The second kappa shape index (κ2) is 7.65. The summed E-state index contributed by atoms with van der Waals surface area (Å²) >= 11 is 3.50. The Labute approximate surface area is 124 Å². The first-order chi connectivity index (χ1) is 9.06. The van der Waals surface area contributed by atoms with Gasteiger partial charge >= 0.3 is 0 Å². The molecule has 0 radical (unpaired) electrons. The third-order valence-corrected chi connectivity index (χ3v) is 4.14. The van der Waals surface area contributed by atoms with E-state index in [-0.39, 0.29) is 11.9 Å². The van der Waals surface area contributed by atoms with Gasteiger partial charge in [0.25, 0.3) is 0 Å². The summed E-state index contributed by atoms with van der Waals surface area (Å²) < 4.78 is 0.945. The first kappa shape index (κ1) is 16.2. The van der Waals surface area contributed by atoms with Gasteiger partial charge in [0.15, 0.2) is 0 Å². The highest BCUT2D eigenvalue weighted by atomic mass is 79.9. The van der Waals surface area contributed by atoms with E-state index in [1.54, 1.807) is 4.90 Å². The number of nitrogens with zero attached hydrogens (tertiary/aromatic N) is 2. The van der Waals surface area contributed by atoms with E-state index in [0.717, 1.165) is 29.7 Å². The third-order valence-electron chi connectivity index (χ3n) is 3.47. The fourth-order valence-electron chi connectivity index (χ4n) is 2.32. The van der Waals surface area contributed by atoms with Crippen LogP contribution < -0.4 is 4.90 Å². The molecule has 0 fully saturated rings. The second-order valence-corrected chi connectivity index (χ2v) is 5.35. The Balaban J connectivity index is 2.95. The van der Waals surface area contributed by atoms with Gasteiger partial charge in [-0.05, 0) is 47.6 Å². The summed E-state index contributed by atoms with van der Waals surface area (Å²) in [5, 5.41) is 0. The number of carbonyl (C=O) groups excluding carboxylic acids is 1. The summed E-state index contributed by atoms with van der Waals surface area (Å²) in [6.07, 6.45) is 0.829. The molecule has 1 unspecified atom stereocenters. The third kappa shape index (κ3) is 3.80. The van der Waals surface area contributed by atoms with Gasteiger partial charge < -0.3 is 4.90 Å². The molecule has 0 bridgehead atoms. The molecule has 0 heterocycles. The van der Waals surface area contributed by atoms with Gasteiger partial charge in [-0.3, -0.25) is 9.69 Å². The smallest absolute Gasteiger partial charge is 0.244 e. The zero-order valence-corrected chi connectivity index (χ0v) is 13.8. The fraction of sp³-hybridized carbons (Fsp3) is 0.533. The molecule has 0 saturated heterocycles. The van der Waals surface area contributed by atoms with Crippen LogP contribution in [0, 0.1) is 0 Å². The van der Waals surface area contributed by atoms with Crippen molar-refractivity contribution < 1.29 is 4.79 Å². The molecule has 4 heteroatoms. The fourth-order valence-corrected chi connectivity index (χ4v) is 2.87. The number of benzene rings is 1. The molecule has 0 saturated carbocycles. The SMILES string of the molecule is CCC(C(=O)N(C)c1ccccc1Br)N(CC)CC. The molecule has 0 aromatic heterocycles. The maximum atomic E-state index is 12.6. The van der Waals surface area contributed by atoms with E-state index in [1.165, 1.54) is 0 Å². The van der Waals surface area contributed by atoms with Gasteiger partial charge in [-0.1, -0.05) is 32.9 Å². The molecule has 0 aliphatic carbocycles. The van der Waals surface area contributed by atoms with Crippen molar-refractivity contribution in [2.75, 3.05) is 25.0 Å². The van der Waals surface area contributed by atoms with Gasteiger partial charge in [0.2, 0.25) is 5.91 Å². The van der Waals surface area contributed by atoms with Crippen molar-refractivity contribution in [2.45, 2.75) is 33.2 Å². The number of rotatable bonds is 6. The average molecular weight is 327 g/mol. The van der Waals surface area contributed by atoms with E-state index in [1.807, 2.05) is 31.3 Å². The minimum atomic E-state index is -0.0490. The molecular weight excluding hydrogens is 304 g/mol. The number of para-hydroxylation sites is 1. The summed E-state index contributed by atoms with van der Waals surface area (Å²) in [7, 11) is 1.84. The number of carbonyl (C=O) groups is 1. The van der Waals surface area contributed by atoms with Crippen molar-refractivity contribution in [3.63, 3.8) is 0 Å². The maximum Gasteiger partial charge on any atom is 0.244 e. The number of likely N-dealkylation sites (N-methyl/N-ethyl adjacent to an activating group) is 2. The van der Waals surface area contributed by atoms with Crippen LogP contribution in [0.3, 0.4) is 0 Å². The van der Waals surface area contributed by atoms with Crippen molar-refractivity contribution in [2.24, 2.45) is 0 Å². The largest absolute Gasteiger partial charge is 0.313 e. The van der Waals surface area contributed by atoms with Gasteiger partial charge in [0.1, 0.15) is 0 Å². The van der Waals surface area contributed by atoms with Crippen LogP contribution in [-0.2, 0) is 4.79 Å². The van der Waals surface area contributed by atoms with Crippen molar-refractivity contribution in [3.8, 4) is 0 Å². The Morgan fingerprint density at radius 1 is 1.21 bits per heavy atom. The predicted octanol–water partition coefficient (Wildman–Crippen LogP) is 3.53. The van der Waals surface area contributed by atoms with Gasteiger partial charge in [0.05, 0.1) is 11.7 Å². The Bertz CT molecular complexity index is 418. The van der Waals surface area contributed by atoms with Crippen LogP contribution in [0.15, 0.2) is 28.7 Å². The summed E-state index contributed by atoms with van der Waals surface area (Å²) in [6, 6.07) is 7.76. The van der Waals surface area contributed by atoms with Crippen molar-refractivity contribution >= 4 is 27.5 Å². The van der Waals surface area contributed by atoms with Gasteiger partial charge in [-0.2, -0.15) is 0 Å². The van der Waals surface area contributed by atoms with Crippen LogP contribution in [0.25, 0.3) is 0 Å². The number of amides is 1. The standard InChI is InChI=1S/C15H23BrN2O/c1-5-13(18(6-2)7-3)15(19)17(4)14-11-9-8-10-12(14)16/h8-11,13H,5-7H2,1-4H3. The molecule has 19 heavy (non-hydrogen) atoms. The van der Waals surface area contributed by atoms with Crippen LogP contribution in [0.1, 0.15) is 27.2 Å². The molecule has 1 atom stereocenters. The molecule has 1 amide bonds. The van der Waals surface area contributed by atoms with Gasteiger partial charge in [-0.15, -0.1) is 0 Å². The zero-order chi connectivity index (χ0) is 14.4. The Kier molecular flexibility index (Phi) is 6.52. The number of anilines is 1. The van der Waals surface area contributed by atoms with Crippen molar-refractivity contribution in [1.82, 2.24) is 4.90 Å². The van der Waals surface area contributed by atoms with Crippen LogP contribution in [0.4, 0.5) is 5.69 Å². The molecule has 0 aliphatic rings. The highest BCUT2D eigenvalue weighted by Crippen LogP contribution is 2.25. The van der Waals surface area contributed by atoms with Crippen LogP contribution in [0.2, 0.25) is 0 Å². The van der Waals surface area contributed by atoms with Crippen LogP contribution in [0.5, 0.6) is 0 Å². The molecule has 1 aromatic rings. The van der Waals surface area contributed by atoms with E-state index in [0.29, 0.717) is 0 Å². The lowest BCUT2D eigenvalue weighted by Crippen LogP contribution is -2.47. The summed E-state index contributed by atoms with van der Waals surface area (Å²) in [6.45, 7) is 8.04. The van der Waals surface area contributed by atoms with Gasteiger partial charge in [-0.25, -0.2) is 0 Å². The van der Waals surface area contributed by atoms with Gasteiger partial charge in [0, 0.05) is 11.5 Å². The quantitative estimate of drug-likeness (QED) is 0.798. The van der Waals surface area contributed by atoms with Crippen LogP contribution >= 0.6 is 15.9 Å². The van der Waals surface area contributed by atoms with E-state index in [2.05, 4.69) is 41.6 Å². The highest BCUT2D eigenvalue weighted by molar-refractivity contribution is 9.10. The second-order valence-electron chi connectivity index (χ2n) is 4.49. The molecule has 106 valence electrons. The average Bonchev–Trinajstić information content (AvgIpc) is 2.43. The monoisotopic (exact) mass is 326 g/mol. The lowest BCUT2D eigenvalue weighted by Gasteiger charge is -2.31. The normalized spacial score (nSPS) is 12.5. The zero-order valence-electron chi connectivity index (χ0n) is 12.2. The van der Waals surface area contributed by atoms with Crippen molar-refractivity contribution in [1.29, 1.82) is 0 Å². The van der Waals surface area contributed by atoms with E-state index in [9.17, 15) is 4.79 Å². The molecule has 3 nitrogen and oxygen atoms in total. The summed E-state index contributed by atoms with van der Waals surface area (Å²) in [4.78, 5) is 16.6. The minimum Gasteiger partial charge on any atom is -0.313 e. The lowest BCUT2D eigenvalue weighted by atomic mass is 10.1. The number of hydrogen-bond donors (Lipinski definition) is 0. The minimum absolute atomic E-state index is 0.0490. The van der Waals surface area contributed by atoms with E-state index >= 15 is 0 Å². The van der Waals surface area contributed by atoms with E-state index in [4.69, 9.17) is 0 Å². The maximum absolute atomic E-state index is 12.6. The van der Waals surface area contributed by atoms with Crippen LogP contribution in [-0.4, -0.2) is 37.0 Å². The highest BCUT2D eigenvalue weighted by Gasteiger charge is 2.26. The topological polar surface area (TPSA) is 23.6 Å². The number of hydrogen-bond acceptors (Lipinski definition) is 2. The Hall–Kier alpha value is -0.870. The summed E-state index contributed by atoms with van der Waals surface area (Å²) in [5.41, 5.74) is 0.915. The van der Waals surface area contributed by atoms with Crippen molar-refractivity contribution in [3.05, 3.63) is 28.7 Å². The Morgan fingerprint density at radius 3 is 2.26 bits per heavy atom.